The Morgan fingerprint density at radius 1 is 1.47 bits per heavy atom. The first kappa shape index (κ1) is 13.3. The van der Waals surface area contributed by atoms with Crippen LogP contribution in [0.25, 0.3) is 0 Å². The molecule has 0 radical (unpaired) electrons. The number of hydrogen-bond acceptors (Lipinski definition) is 5. The number of carbonyl (C=O) groups is 1. The lowest BCUT2D eigenvalue weighted by Crippen LogP contribution is -2.29. The SMILES string of the molecule is O=C(CCNc1ncccc1[N+](=O)[O-])N1CCCC1. The van der Waals surface area contributed by atoms with Gasteiger partial charge < -0.3 is 10.2 Å². The van der Waals surface area contributed by atoms with Crippen molar-refractivity contribution in [1.82, 2.24) is 9.88 Å². The molecule has 1 aliphatic rings. The van der Waals surface area contributed by atoms with E-state index in [0.29, 0.717) is 13.0 Å². The van der Waals surface area contributed by atoms with Gasteiger partial charge in [-0.15, -0.1) is 0 Å². The van der Waals surface area contributed by atoms with Crippen LogP contribution in [0.1, 0.15) is 19.3 Å². The number of nitrogens with one attached hydrogen (secondary N) is 1. The van der Waals surface area contributed by atoms with E-state index in [0.717, 1.165) is 25.9 Å². The van der Waals surface area contributed by atoms with E-state index in [2.05, 4.69) is 10.3 Å². The number of nitro groups is 1. The number of nitrogens with zero attached hydrogens (tertiary/aromatic N) is 3. The summed E-state index contributed by atoms with van der Waals surface area (Å²) in [6, 6.07) is 2.90. The molecule has 0 bridgehead atoms. The van der Waals surface area contributed by atoms with Crippen molar-refractivity contribution in [2.45, 2.75) is 19.3 Å². The molecule has 1 aromatic heterocycles. The molecular weight excluding hydrogens is 248 g/mol. The summed E-state index contributed by atoms with van der Waals surface area (Å²) in [7, 11) is 0. The fourth-order valence-corrected chi connectivity index (χ4v) is 2.09. The van der Waals surface area contributed by atoms with Gasteiger partial charge in [-0.2, -0.15) is 0 Å². The van der Waals surface area contributed by atoms with Crippen LogP contribution in [-0.2, 0) is 4.79 Å². The monoisotopic (exact) mass is 264 g/mol. The lowest BCUT2D eigenvalue weighted by molar-refractivity contribution is -0.384. The maximum atomic E-state index is 11.8. The summed E-state index contributed by atoms with van der Waals surface area (Å²) in [4.78, 5) is 27.8. The smallest absolute Gasteiger partial charge is 0.311 e. The van der Waals surface area contributed by atoms with Crippen molar-refractivity contribution in [2.24, 2.45) is 0 Å². The molecule has 1 saturated heterocycles. The average Bonchev–Trinajstić information content (AvgIpc) is 2.93. The predicted molar refractivity (Wildman–Crippen MR) is 69.8 cm³/mol. The third-order valence-corrected chi connectivity index (χ3v) is 3.07. The molecule has 1 aromatic rings. The van der Waals surface area contributed by atoms with E-state index in [4.69, 9.17) is 0 Å². The number of hydrogen-bond donors (Lipinski definition) is 1. The number of rotatable bonds is 5. The van der Waals surface area contributed by atoms with Gasteiger partial charge in [0, 0.05) is 38.3 Å². The highest BCUT2D eigenvalue weighted by molar-refractivity contribution is 5.77. The first-order valence-electron chi connectivity index (χ1n) is 6.29. The van der Waals surface area contributed by atoms with Crippen LogP contribution in [0.5, 0.6) is 0 Å². The zero-order valence-corrected chi connectivity index (χ0v) is 10.5. The van der Waals surface area contributed by atoms with E-state index in [1.165, 1.54) is 18.3 Å². The standard InChI is InChI=1S/C12H16N4O3/c17-11(15-8-1-2-9-15)5-7-14-12-10(16(18)19)4-3-6-13-12/h3-4,6H,1-2,5,7-9H2,(H,13,14). The number of pyridine rings is 1. The van der Waals surface area contributed by atoms with E-state index < -0.39 is 4.92 Å². The van der Waals surface area contributed by atoms with E-state index >= 15 is 0 Å². The normalized spacial score (nSPS) is 14.4. The van der Waals surface area contributed by atoms with Crippen LogP contribution in [0.3, 0.4) is 0 Å². The van der Waals surface area contributed by atoms with E-state index in [1.54, 1.807) is 0 Å². The van der Waals surface area contributed by atoms with Crippen LogP contribution in [0.15, 0.2) is 18.3 Å². The van der Waals surface area contributed by atoms with Gasteiger partial charge in [0.15, 0.2) is 0 Å². The molecule has 0 spiro atoms. The summed E-state index contributed by atoms with van der Waals surface area (Å²) in [6.07, 6.45) is 3.93. The second-order valence-electron chi connectivity index (χ2n) is 4.39. The zero-order chi connectivity index (χ0) is 13.7. The molecule has 1 aliphatic heterocycles. The van der Waals surface area contributed by atoms with Crippen molar-refractivity contribution in [1.29, 1.82) is 0 Å². The molecule has 19 heavy (non-hydrogen) atoms. The van der Waals surface area contributed by atoms with Gasteiger partial charge in [-0.25, -0.2) is 4.98 Å². The largest absolute Gasteiger partial charge is 0.364 e. The van der Waals surface area contributed by atoms with Gasteiger partial charge in [0.1, 0.15) is 0 Å². The summed E-state index contributed by atoms with van der Waals surface area (Å²) >= 11 is 0. The third-order valence-electron chi connectivity index (χ3n) is 3.07. The topological polar surface area (TPSA) is 88.4 Å². The molecular formula is C12H16N4O3. The minimum Gasteiger partial charge on any atom is -0.364 e. The summed E-state index contributed by atoms with van der Waals surface area (Å²) < 4.78 is 0. The summed E-state index contributed by atoms with van der Waals surface area (Å²) in [5.41, 5.74) is -0.0730. The highest BCUT2D eigenvalue weighted by Crippen LogP contribution is 2.20. The van der Waals surface area contributed by atoms with Gasteiger partial charge in [-0.1, -0.05) is 0 Å². The Hall–Kier alpha value is -2.18. The van der Waals surface area contributed by atoms with E-state index in [9.17, 15) is 14.9 Å². The molecule has 102 valence electrons. The number of aromatic nitrogens is 1. The van der Waals surface area contributed by atoms with Crippen LogP contribution in [0.2, 0.25) is 0 Å². The van der Waals surface area contributed by atoms with Gasteiger partial charge in [-0.3, -0.25) is 14.9 Å². The molecule has 7 heteroatoms. The first-order chi connectivity index (χ1) is 9.18. The first-order valence-corrected chi connectivity index (χ1v) is 6.29. The molecule has 1 N–H and O–H groups in total. The average molecular weight is 264 g/mol. The molecule has 1 amide bonds. The van der Waals surface area contributed by atoms with Gasteiger partial charge in [0.05, 0.1) is 4.92 Å². The second-order valence-corrected chi connectivity index (χ2v) is 4.39. The molecule has 0 aliphatic carbocycles. The van der Waals surface area contributed by atoms with Crippen molar-refractivity contribution in [3.63, 3.8) is 0 Å². The number of anilines is 1. The van der Waals surface area contributed by atoms with Gasteiger partial charge >= 0.3 is 5.69 Å². The molecule has 0 saturated carbocycles. The summed E-state index contributed by atoms with van der Waals surface area (Å²) in [6.45, 7) is 2.00. The second kappa shape index (κ2) is 6.12. The van der Waals surface area contributed by atoms with Crippen molar-refractivity contribution in [3.05, 3.63) is 28.4 Å². The molecule has 2 rings (SSSR count). The number of amides is 1. The zero-order valence-electron chi connectivity index (χ0n) is 10.5. The van der Waals surface area contributed by atoms with Crippen LogP contribution < -0.4 is 5.32 Å². The summed E-state index contributed by atoms with van der Waals surface area (Å²) in [5.74, 6) is 0.297. The minimum absolute atomic E-state index is 0.0730. The lowest BCUT2D eigenvalue weighted by Gasteiger charge is -2.15. The Morgan fingerprint density at radius 2 is 2.21 bits per heavy atom. The Labute approximate surface area is 110 Å². The van der Waals surface area contributed by atoms with Crippen LogP contribution >= 0.6 is 0 Å². The van der Waals surface area contributed by atoms with Crippen molar-refractivity contribution >= 4 is 17.4 Å². The quantitative estimate of drug-likeness (QED) is 0.641. The Morgan fingerprint density at radius 3 is 2.89 bits per heavy atom. The predicted octanol–water partition coefficient (Wildman–Crippen LogP) is 1.41. The van der Waals surface area contributed by atoms with Gasteiger partial charge in [0.2, 0.25) is 11.7 Å². The van der Waals surface area contributed by atoms with Crippen LogP contribution in [0, 0.1) is 10.1 Å². The minimum atomic E-state index is -0.488. The molecule has 1 fully saturated rings. The molecule has 2 heterocycles. The van der Waals surface area contributed by atoms with E-state index in [1.807, 2.05) is 4.90 Å². The van der Waals surface area contributed by atoms with Crippen LogP contribution in [-0.4, -0.2) is 40.3 Å². The molecule has 7 nitrogen and oxygen atoms in total. The molecule has 0 aromatic carbocycles. The summed E-state index contributed by atoms with van der Waals surface area (Å²) in [5, 5.41) is 13.6. The third kappa shape index (κ3) is 3.40. The number of likely N-dealkylation sites (tertiary alicyclic amines) is 1. The number of carbonyl (C=O) groups excluding carboxylic acids is 1. The Balaban J connectivity index is 1.85. The maximum absolute atomic E-state index is 11.8. The van der Waals surface area contributed by atoms with Crippen molar-refractivity contribution in [2.75, 3.05) is 25.0 Å². The van der Waals surface area contributed by atoms with Crippen molar-refractivity contribution in [3.8, 4) is 0 Å². The van der Waals surface area contributed by atoms with Crippen LogP contribution in [0.4, 0.5) is 11.5 Å². The fraction of sp³-hybridized carbons (Fsp3) is 0.500. The van der Waals surface area contributed by atoms with Crippen molar-refractivity contribution < 1.29 is 9.72 Å². The van der Waals surface area contributed by atoms with Gasteiger partial charge in [0.25, 0.3) is 0 Å². The highest BCUT2D eigenvalue weighted by atomic mass is 16.6. The lowest BCUT2D eigenvalue weighted by atomic mass is 10.3. The Kier molecular flexibility index (Phi) is 4.27. The van der Waals surface area contributed by atoms with Gasteiger partial charge in [-0.05, 0) is 18.9 Å². The molecule has 0 atom stereocenters. The molecule has 0 unspecified atom stereocenters. The Bertz CT molecular complexity index is 472. The fourth-order valence-electron chi connectivity index (χ4n) is 2.09. The highest BCUT2D eigenvalue weighted by Gasteiger charge is 2.18. The maximum Gasteiger partial charge on any atom is 0.311 e. The van der Waals surface area contributed by atoms with E-state index in [-0.39, 0.29) is 17.4 Å².